The van der Waals surface area contributed by atoms with Gasteiger partial charge in [-0.3, -0.25) is 9.48 Å². The van der Waals surface area contributed by atoms with Crippen LogP contribution < -0.4 is 4.74 Å². The van der Waals surface area contributed by atoms with E-state index in [1.807, 2.05) is 50.3 Å². The summed E-state index contributed by atoms with van der Waals surface area (Å²) in [7, 11) is 1.67. The molecule has 0 radical (unpaired) electrons. The molecule has 0 fully saturated rings. The van der Waals surface area contributed by atoms with Gasteiger partial charge in [-0.05, 0) is 43.7 Å². The van der Waals surface area contributed by atoms with Gasteiger partial charge >= 0.3 is 0 Å². The fourth-order valence-electron chi connectivity index (χ4n) is 2.85. The second-order valence-electron chi connectivity index (χ2n) is 6.35. The summed E-state index contributed by atoms with van der Waals surface area (Å²) < 4.78 is 7.33. The fourth-order valence-corrected chi connectivity index (χ4v) is 3.76. The van der Waals surface area contributed by atoms with E-state index >= 15 is 0 Å². The van der Waals surface area contributed by atoms with Crippen LogP contribution in [0.4, 0.5) is 0 Å². The second kappa shape index (κ2) is 9.42. The van der Waals surface area contributed by atoms with Gasteiger partial charge in [-0.15, -0.1) is 11.8 Å². The van der Waals surface area contributed by atoms with Crippen molar-refractivity contribution in [1.29, 1.82) is 0 Å². The third-order valence-electron chi connectivity index (χ3n) is 4.41. The molecule has 0 bridgehead atoms. The number of rotatable bonds is 8. The third kappa shape index (κ3) is 4.93. The third-order valence-corrected chi connectivity index (χ3v) is 5.47. The first-order valence-corrected chi connectivity index (χ1v) is 10.2. The quantitative estimate of drug-likeness (QED) is 0.292. The smallest absolute Gasteiger partial charge is 0.189 e. The molecule has 0 aliphatic carbocycles. The summed E-state index contributed by atoms with van der Waals surface area (Å²) >= 11 is 1.77. The van der Waals surface area contributed by atoms with E-state index in [9.17, 15) is 4.79 Å². The Morgan fingerprint density at radius 3 is 2.68 bits per heavy atom. The normalized spacial score (nSPS) is 11.1. The molecular weight excluding hydrogens is 368 g/mol. The molecule has 3 aromatic rings. The summed E-state index contributed by atoms with van der Waals surface area (Å²) in [4.78, 5) is 13.7. The first kappa shape index (κ1) is 20.0. The zero-order chi connectivity index (χ0) is 19.9. The number of allylic oxidation sites excluding steroid dienone is 1. The van der Waals surface area contributed by atoms with Gasteiger partial charge in [0.1, 0.15) is 5.75 Å². The van der Waals surface area contributed by atoms with Crippen LogP contribution >= 0.6 is 11.8 Å². The van der Waals surface area contributed by atoms with Crippen LogP contribution in [-0.4, -0.2) is 22.7 Å². The Bertz CT molecular complexity index is 978. The van der Waals surface area contributed by atoms with Crippen LogP contribution in [0.25, 0.3) is 6.08 Å². The molecular formula is C23H24N2O2S. The summed E-state index contributed by atoms with van der Waals surface area (Å²) in [6.45, 7) is 4.60. The highest BCUT2D eigenvalue weighted by atomic mass is 32.2. The number of aromatic nitrogens is 2. The first-order chi connectivity index (χ1) is 13.6. The van der Waals surface area contributed by atoms with E-state index in [1.54, 1.807) is 35.8 Å². The van der Waals surface area contributed by atoms with Crippen molar-refractivity contribution >= 4 is 23.6 Å². The van der Waals surface area contributed by atoms with Gasteiger partial charge < -0.3 is 4.74 Å². The SMILES string of the molecule is CCn1cc(C(=O)/C=C/c2ccc(CSc3ccccc3)c(OC)c2)c(C)n1. The molecule has 4 nitrogen and oxygen atoms in total. The summed E-state index contributed by atoms with van der Waals surface area (Å²) in [5, 5.41) is 4.33. The number of nitrogens with zero attached hydrogens (tertiary/aromatic N) is 2. The van der Waals surface area contributed by atoms with Crippen molar-refractivity contribution in [3.05, 3.63) is 83.2 Å². The van der Waals surface area contributed by atoms with E-state index in [0.29, 0.717) is 5.56 Å². The van der Waals surface area contributed by atoms with E-state index in [-0.39, 0.29) is 5.78 Å². The lowest BCUT2D eigenvalue weighted by Crippen LogP contribution is -1.95. The Morgan fingerprint density at radius 2 is 2.00 bits per heavy atom. The number of benzene rings is 2. The van der Waals surface area contributed by atoms with Crippen LogP contribution in [0.1, 0.15) is 34.1 Å². The van der Waals surface area contributed by atoms with Crippen molar-refractivity contribution in [2.75, 3.05) is 7.11 Å². The van der Waals surface area contributed by atoms with Crippen LogP contribution in [-0.2, 0) is 12.3 Å². The maximum Gasteiger partial charge on any atom is 0.189 e. The Balaban J connectivity index is 1.71. The standard InChI is InChI=1S/C23H24N2O2S/c1-4-25-15-21(17(2)24-25)22(26)13-11-18-10-12-19(23(14-18)27-3)16-28-20-8-6-5-7-9-20/h5-15H,4,16H2,1-3H3/b13-11+. The molecule has 3 rings (SSSR count). The Kier molecular flexibility index (Phi) is 6.71. The summed E-state index contributed by atoms with van der Waals surface area (Å²) in [5.74, 6) is 1.61. The molecule has 0 aliphatic heterocycles. The highest BCUT2D eigenvalue weighted by Crippen LogP contribution is 2.29. The molecule has 0 saturated carbocycles. The number of aryl methyl sites for hydroxylation is 2. The zero-order valence-electron chi connectivity index (χ0n) is 16.4. The van der Waals surface area contributed by atoms with E-state index in [4.69, 9.17) is 4.74 Å². The average molecular weight is 393 g/mol. The lowest BCUT2D eigenvalue weighted by atomic mass is 10.1. The highest BCUT2D eigenvalue weighted by Gasteiger charge is 2.10. The van der Waals surface area contributed by atoms with Gasteiger partial charge in [0.05, 0.1) is 18.4 Å². The van der Waals surface area contributed by atoms with Crippen LogP contribution in [0.2, 0.25) is 0 Å². The van der Waals surface area contributed by atoms with Crippen LogP contribution in [0.5, 0.6) is 5.75 Å². The number of hydrogen-bond acceptors (Lipinski definition) is 4. The van der Waals surface area contributed by atoms with Crippen molar-refractivity contribution in [3.8, 4) is 5.75 Å². The average Bonchev–Trinajstić information content (AvgIpc) is 3.12. The first-order valence-electron chi connectivity index (χ1n) is 9.22. The van der Waals surface area contributed by atoms with Gasteiger partial charge in [0.25, 0.3) is 0 Å². The molecule has 5 heteroatoms. The summed E-state index contributed by atoms with van der Waals surface area (Å²) in [5.41, 5.74) is 3.45. The summed E-state index contributed by atoms with van der Waals surface area (Å²) in [6, 6.07) is 16.3. The lowest BCUT2D eigenvalue weighted by Gasteiger charge is -2.09. The minimum Gasteiger partial charge on any atom is -0.496 e. The summed E-state index contributed by atoms with van der Waals surface area (Å²) in [6.07, 6.45) is 5.21. The van der Waals surface area contributed by atoms with E-state index in [0.717, 1.165) is 34.9 Å². The van der Waals surface area contributed by atoms with E-state index < -0.39 is 0 Å². The van der Waals surface area contributed by atoms with Crippen LogP contribution in [0, 0.1) is 6.92 Å². The molecule has 2 aromatic carbocycles. The predicted molar refractivity (Wildman–Crippen MR) is 115 cm³/mol. The maximum absolute atomic E-state index is 12.5. The number of carbonyl (C=O) groups excluding carboxylic acids is 1. The van der Waals surface area contributed by atoms with Crippen molar-refractivity contribution in [2.45, 2.75) is 31.0 Å². The van der Waals surface area contributed by atoms with Gasteiger partial charge in [0.2, 0.25) is 0 Å². The number of methoxy groups -OCH3 is 1. The number of hydrogen-bond donors (Lipinski definition) is 0. The van der Waals surface area contributed by atoms with Crippen molar-refractivity contribution in [2.24, 2.45) is 0 Å². The molecule has 0 aliphatic rings. The minimum atomic E-state index is -0.0418. The fraction of sp³-hybridized carbons (Fsp3) is 0.217. The zero-order valence-corrected chi connectivity index (χ0v) is 17.2. The van der Waals surface area contributed by atoms with Crippen LogP contribution in [0.3, 0.4) is 0 Å². The van der Waals surface area contributed by atoms with Gasteiger partial charge in [-0.2, -0.15) is 5.10 Å². The molecule has 1 heterocycles. The van der Waals surface area contributed by atoms with Crippen LogP contribution in [0.15, 0.2) is 65.7 Å². The van der Waals surface area contributed by atoms with Crippen molar-refractivity contribution in [1.82, 2.24) is 9.78 Å². The number of carbonyl (C=O) groups is 1. The molecule has 0 spiro atoms. The molecule has 28 heavy (non-hydrogen) atoms. The Morgan fingerprint density at radius 1 is 1.21 bits per heavy atom. The molecule has 1 aromatic heterocycles. The number of ketones is 1. The minimum absolute atomic E-state index is 0.0418. The van der Waals surface area contributed by atoms with E-state index in [1.165, 1.54) is 4.90 Å². The topological polar surface area (TPSA) is 44.1 Å². The second-order valence-corrected chi connectivity index (χ2v) is 7.40. The van der Waals surface area contributed by atoms with Gasteiger partial charge in [-0.25, -0.2) is 0 Å². The van der Waals surface area contributed by atoms with Gasteiger partial charge in [-0.1, -0.05) is 36.4 Å². The number of ether oxygens (including phenoxy) is 1. The van der Waals surface area contributed by atoms with E-state index in [2.05, 4.69) is 23.3 Å². The number of thioether (sulfide) groups is 1. The molecule has 0 unspecified atom stereocenters. The molecule has 0 atom stereocenters. The lowest BCUT2D eigenvalue weighted by molar-refractivity contribution is 0.104. The van der Waals surface area contributed by atoms with Gasteiger partial charge in [0.15, 0.2) is 5.78 Å². The van der Waals surface area contributed by atoms with Crippen molar-refractivity contribution in [3.63, 3.8) is 0 Å². The Hall–Kier alpha value is -2.79. The molecule has 0 amide bonds. The molecule has 0 saturated heterocycles. The Labute approximate surface area is 170 Å². The monoisotopic (exact) mass is 392 g/mol. The largest absolute Gasteiger partial charge is 0.496 e. The highest BCUT2D eigenvalue weighted by molar-refractivity contribution is 7.98. The molecule has 0 N–H and O–H groups in total. The maximum atomic E-state index is 12.5. The van der Waals surface area contributed by atoms with Gasteiger partial charge in [0, 0.05) is 29.0 Å². The van der Waals surface area contributed by atoms with Crippen molar-refractivity contribution < 1.29 is 9.53 Å². The molecule has 144 valence electrons. The predicted octanol–water partition coefficient (Wildman–Crippen LogP) is 5.41.